The fourth-order valence-corrected chi connectivity index (χ4v) is 3.25. The highest BCUT2D eigenvalue weighted by molar-refractivity contribution is 5.78. The lowest BCUT2D eigenvalue weighted by atomic mass is 10.1. The molecule has 1 saturated carbocycles. The number of carbonyl (C=O) groups excluding carboxylic acids is 1. The summed E-state index contributed by atoms with van der Waals surface area (Å²) < 4.78 is 5.15. The van der Waals surface area contributed by atoms with Crippen LogP contribution in [0.2, 0.25) is 0 Å². The zero-order valence-electron chi connectivity index (χ0n) is 14.5. The molecule has 0 saturated heterocycles. The predicted octanol–water partition coefficient (Wildman–Crippen LogP) is 3.01. The number of benzene rings is 1. The Balaban J connectivity index is 1.67. The van der Waals surface area contributed by atoms with Crippen LogP contribution in [0.4, 0.5) is 0 Å². The Morgan fingerprint density at radius 3 is 2.43 bits per heavy atom. The van der Waals surface area contributed by atoms with E-state index >= 15 is 0 Å². The van der Waals surface area contributed by atoms with E-state index < -0.39 is 0 Å². The quantitative estimate of drug-likeness (QED) is 0.786. The molecular weight excluding hydrogens is 288 g/mol. The summed E-state index contributed by atoms with van der Waals surface area (Å²) in [6, 6.07) is 8.57. The molecule has 0 radical (unpaired) electrons. The summed E-state index contributed by atoms with van der Waals surface area (Å²) in [5.41, 5.74) is 1.21. The van der Waals surface area contributed by atoms with E-state index in [4.69, 9.17) is 4.74 Å². The van der Waals surface area contributed by atoms with Crippen molar-refractivity contribution in [1.82, 2.24) is 10.2 Å². The first-order chi connectivity index (χ1) is 11.2. The summed E-state index contributed by atoms with van der Waals surface area (Å²) >= 11 is 0. The minimum atomic E-state index is 0.130. The minimum absolute atomic E-state index is 0.130. The van der Waals surface area contributed by atoms with Crippen molar-refractivity contribution < 1.29 is 9.53 Å². The summed E-state index contributed by atoms with van der Waals surface area (Å²) in [6.07, 6.45) is 8.60. The second kappa shape index (κ2) is 9.56. The summed E-state index contributed by atoms with van der Waals surface area (Å²) in [5, 5.41) is 3.03. The maximum absolute atomic E-state index is 12.1. The molecule has 128 valence electrons. The highest BCUT2D eigenvalue weighted by Crippen LogP contribution is 2.20. The van der Waals surface area contributed by atoms with Gasteiger partial charge >= 0.3 is 0 Å². The van der Waals surface area contributed by atoms with Crippen molar-refractivity contribution in [1.29, 1.82) is 0 Å². The molecule has 4 nitrogen and oxygen atoms in total. The van der Waals surface area contributed by atoms with E-state index in [1.807, 2.05) is 24.3 Å². The SMILES string of the molecule is COc1ccc(CCNC(=O)CN(C)C2CCCCCC2)cc1. The van der Waals surface area contributed by atoms with Crippen LogP contribution in [-0.4, -0.2) is 44.1 Å². The number of nitrogens with one attached hydrogen (secondary N) is 1. The lowest BCUT2D eigenvalue weighted by Crippen LogP contribution is -2.41. The third-order valence-electron chi connectivity index (χ3n) is 4.74. The Kier molecular flexibility index (Phi) is 7.40. The molecule has 1 aromatic rings. The van der Waals surface area contributed by atoms with Crippen molar-refractivity contribution in [3.63, 3.8) is 0 Å². The van der Waals surface area contributed by atoms with Gasteiger partial charge in [-0.2, -0.15) is 0 Å². The van der Waals surface area contributed by atoms with E-state index in [9.17, 15) is 4.79 Å². The molecule has 23 heavy (non-hydrogen) atoms. The molecule has 0 bridgehead atoms. The van der Waals surface area contributed by atoms with Crippen LogP contribution in [0.15, 0.2) is 24.3 Å². The molecule has 2 rings (SSSR count). The topological polar surface area (TPSA) is 41.6 Å². The van der Waals surface area contributed by atoms with Gasteiger partial charge in [-0.15, -0.1) is 0 Å². The van der Waals surface area contributed by atoms with Gasteiger partial charge in [0.15, 0.2) is 0 Å². The number of amides is 1. The van der Waals surface area contributed by atoms with Crippen molar-refractivity contribution in [3.05, 3.63) is 29.8 Å². The fourth-order valence-electron chi connectivity index (χ4n) is 3.25. The van der Waals surface area contributed by atoms with Gasteiger partial charge in [0, 0.05) is 12.6 Å². The third kappa shape index (κ3) is 6.22. The lowest BCUT2D eigenvalue weighted by molar-refractivity contribution is -0.122. The van der Waals surface area contributed by atoms with E-state index in [1.54, 1.807) is 7.11 Å². The third-order valence-corrected chi connectivity index (χ3v) is 4.74. The zero-order chi connectivity index (χ0) is 16.5. The number of carbonyl (C=O) groups is 1. The predicted molar refractivity (Wildman–Crippen MR) is 93.8 cm³/mol. The van der Waals surface area contributed by atoms with E-state index in [0.717, 1.165) is 12.2 Å². The molecular formula is C19H30N2O2. The highest BCUT2D eigenvalue weighted by atomic mass is 16.5. The van der Waals surface area contributed by atoms with Crippen LogP contribution >= 0.6 is 0 Å². The standard InChI is InChI=1S/C19H30N2O2/c1-21(17-7-5-3-4-6-8-17)15-19(22)20-14-13-16-9-11-18(23-2)12-10-16/h9-12,17H,3-8,13-15H2,1-2H3,(H,20,22). The molecule has 1 aliphatic carbocycles. The van der Waals surface area contributed by atoms with Crippen molar-refractivity contribution in [2.24, 2.45) is 0 Å². The van der Waals surface area contributed by atoms with E-state index in [1.165, 1.54) is 44.1 Å². The van der Waals surface area contributed by atoms with Gasteiger partial charge in [0.2, 0.25) is 5.91 Å². The molecule has 0 heterocycles. The molecule has 1 fully saturated rings. The Hall–Kier alpha value is -1.55. The highest BCUT2D eigenvalue weighted by Gasteiger charge is 2.18. The Labute approximate surface area is 140 Å². The largest absolute Gasteiger partial charge is 0.497 e. The molecule has 4 heteroatoms. The molecule has 0 unspecified atom stereocenters. The average molecular weight is 318 g/mol. The molecule has 0 aromatic heterocycles. The normalized spacial score (nSPS) is 16.1. The number of ether oxygens (including phenoxy) is 1. The van der Waals surface area contributed by atoms with Gasteiger partial charge in [0.25, 0.3) is 0 Å². The van der Waals surface area contributed by atoms with Crippen LogP contribution in [0.3, 0.4) is 0 Å². The van der Waals surface area contributed by atoms with Crippen LogP contribution in [0.1, 0.15) is 44.1 Å². The maximum atomic E-state index is 12.1. The Morgan fingerprint density at radius 1 is 1.17 bits per heavy atom. The zero-order valence-corrected chi connectivity index (χ0v) is 14.5. The van der Waals surface area contributed by atoms with Gasteiger partial charge in [0.1, 0.15) is 5.75 Å². The second-order valence-electron chi connectivity index (χ2n) is 6.51. The molecule has 0 spiro atoms. The molecule has 0 atom stereocenters. The molecule has 0 aliphatic heterocycles. The number of methoxy groups -OCH3 is 1. The van der Waals surface area contributed by atoms with Gasteiger partial charge < -0.3 is 10.1 Å². The Morgan fingerprint density at radius 2 is 1.83 bits per heavy atom. The number of rotatable bonds is 7. The van der Waals surface area contributed by atoms with Gasteiger partial charge in [-0.1, -0.05) is 37.8 Å². The van der Waals surface area contributed by atoms with Crippen LogP contribution in [0.5, 0.6) is 5.75 Å². The number of likely N-dealkylation sites (N-methyl/N-ethyl adjacent to an activating group) is 1. The van der Waals surface area contributed by atoms with E-state index in [2.05, 4.69) is 17.3 Å². The van der Waals surface area contributed by atoms with Gasteiger partial charge in [0.05, 0.1) is 13.7 Å². The van der Waals surface area contributed by atoms with Crippen molar-refractivity contribution in [2.45, 2.75) is 51.0 Å². The number of hydrogen-bond acceptors (Lipinski definition) is 3. The molecule has 1 aliphatic rings. The molecule has 1 aromatic carbocycles. The fraction of sp³-hybridized carbons (Fsp3) is 0.632. The first-order valence-corrected chi connectivity index (χ1v) is 8.79. The molecule has 1 N–H and O–H groups in total. The molecule has 1 amide bonds. The van der Waals surface area contributed by atoms with Gasteiger partial charge in [-0.3, -0.25) is 9.69 Å². The second-order valence-corrected chi connectivity index (χ2v) is 6.51. The van der Waals surface area contributed by atoms with Crippen LogP contribution in [0.25, 0.3) is 0 Å². The minimum Gasteiger partial charge on any atom is -0.497 e. The first-order valence-electron chi connectivity index (χ1n) is 8.79. The lowest BCUT2D eigenvalue weighted by Gasteiger charge is -2.26. The summed E-state index contributed by atoms with van der Waals surface area (Å²) in [7, 11) is 3.75. The van der Waals surface area contributed by atoms with E-state index in [0.29, 0.717) is 19.1 Å². The Bertz CT molecular complexity index is 465. The number of hydrogen-bond donors (Lipinski definition) is 1. The smallest absolute Gasteiger partial charge is 0.234 e. The van der Waals surface area contributed by atoms with Crippen LogP contribution < -0.4 is 10.1 Å². The summed E-state index contributed by atoms with van der Waals surface area (Å²) in [6.45, 7) is 1.19. The monoisotopic (exact) mass is 318 g/mol. The van der Waals surface area contributed by atoms with Crippen molar-refractivity contribution >= 4 is 5.91 Å². The summed E-state index contributed by atoms with van der Waals surface area (Å²) in [4.78, 5) is 14.3. The van der Waals surface area contributed by atoms with Crippen LogP contribution in [-0.2, 0) is 11.2 Å². The van der Waals surface area contributed by atoms with Crippen molar-refractivity contribution in [2.75, 3.05) is 27.2 Å². The maximum Gasteiger partial charge on any atom is 0.234 e. The average Bonchev–Trinajstić information content (AvgIpc) is 2.85. The summed E-state index contributed by atoms with van der Waals surface area (Å²) in [5.74, 6) is 0.994. The van der Waals surface area contributed by atoms with Gasteiger partial charge in [-0.25, -0.2) is 0 Å². The first kappa shape index (κ1) is 17.8. The van der Waals surface area contributed by atoms with E-state index in [-0.39, 0.29) is 5.91 Å². The number of nitrogens with zero attached hydrogens (tertiary/aromatic N) is 1. The van der Waals surface area contributed by atoms with Crippen LogP contribution in [0, 0.1) is 0 Å². The van der Waals surface area contributed by atoms with Gasteiger partial charge in [-0.05, 0) is 44.0 Å². The van der Waals surface area contributed by atoms with Crippen molar-refractivity contribution in [3.8, 4) is 5.75 Å².